The molecular formula is C19H24N2O. The van der Waals surface area contributed by atoms with Crippen molar-refractivity contribution in [3.05, 3.63) is 54.1 Å². The van der Waals surface area contributed by atoms with Gasteiger partial charge in [-0.2, -0.15) is 0 Å². The highest BCUT2D eigenvalue weighted by molar-refractivity contribution is 5.66. The van der Waals surface area contributed by atoms with Gasteiger partial charge in [0.15, 0.2) is 0 Å². The van der Waals surface area contributed by atoms with Gasteiger partial charge in [-0.1, -0.05) is 36.4 Å². The summed E-state index contributed by atoms with van der Waals surface area (Å²) < 4.78 is 5.96. The van der Waals surface area contributed by atoms with Crippen LogP contribution in [0.25, 0.3) is 11.1 Å². The molecule has 2 aromatic carbocycles. The van der Waals surface area contributed by atoms with Crippen molar-refractivity contribution in [1.82, 2.24) is 4.90 Å². The van der Waals surface area contributed by atoms with E-state index >= 15 is 0 Å². The lowest BCUT2D eigenvalue weighted by atomic mass is 9.83. The lowest BCUT2D eigenvalue weighted by Gasteiger charge is -2.39. The molecule has 0 amide bonds. The molecule has 0 spiro atoms. The smallest absolute Gasteiger partial charge is 0.124 e. The van der Waals surface area contributed by atoms with E-state index in [1.807, 2.05) is 6.07 Å². The summed E-state index contributed by atoms with van der Waals surface area (Å²) in [5.41, 5.74) is 9.70. The van der Waals surface area contributed by atoms with Gasteiger partial charge in [0, 0.05) is 12.1 Å². The van der Waals surface area contributed by atoms with Gasteiger partial charge in [-0.15, -0.1) is 0 Å². The number of hydrogen-bond donors (Lipinski definition) is 1. The van der Waals surface area contributed by atoms with Gasteiger partial charge in [-0.05, 0) is 50.2 Å². The molecule has 1 unspecified atom stereocenters. The second kappa shape index (κ2) is 6.11. The number of fused-ring (bicyclic) bond motifs is 1. The van der Waals surface area contributed by atoms with Crippen LogP contribution < -0.4 is 10.5 Å². The van der Waals surface area contributed by atoms with Crippen LogP contribution in [0.1, 0.15) is 18.4 Å². The quantitative estimate of drug-likeness (QED) is 0.945. The van der Waals surface area contributed by atoms with E-state index in [0.717, 1.165) is 25.2 Å². The summed E-state index contributed by atoms with van der Waals surface area (Å²) in [6.45, 7) is 1.35. The highest BCUT2D eigenvalue weighted by Gasteiger charge is 2.37. The first kappa shape index (κ1) is 15.1. The molecule has 1 aliphatic heterocycles. The molecule has 1 atom stereocenters. The van der Waals surface area contributed by atoms with E-state index < -0.39 is 0 Å². The summed E-state index contributed by atoms with van der Waals surface area (Å²) >= 11 is 0. The summed E-state index contributed by atoms with van der Waals surface area (Å²) in [5, 5.41) is 0. The maximum absolute atomic E-state index is 6.21. The normalized spacial score (nSPS) is 21.1. The SMILES string of the molecule is CN(C)C1(CN)CCCOc2ccc(-c3ccccc3)cc21. The van der Waals surface area contributed by atoms with Gasteiger partial charge in [0.05, 0.1) is 12.1 Å². The van der Waals surface area contributed by atoms with Gasteiger partial charge in [-0.25, -0.2) is 0 Å². The lowest BCUT2D eigenvalue weighted by Crippen LogP contribution is -2.47. The molecule has 3 heteroatoms. The first-order valence-corrected chi connectivity index (χ1v) is 7.87. The van der Waals surface area contributed by atoms with Gasteiger partial charge in [-0.3, -0.25) is 4.90 Å². The van der Waals surface area contributed by atoms with E-state index in [0.29, 0.717) is 6.54 Å². The maximum atomic E-state index is 6.21. The van der Waals surface area contributed by atoms with Gasteiger partial charge < -0.3 is 10.5 Å². The predicted octanol–water partition coefficient (Wildman–Crippen LogP) is 3.24. The first-order chi connectivity index (χ1) is 10.7. The Kier molecular flexibility index (Phi) is 4.19. The average Bonchev–Trinajstić information content (AvgIpc) is 2.75. The largest absolute Gasteiger partial charge is 0.493 e. The van der Waals surface area contributed by atoms with Crippen molar-refractivity contribution >= 4 is 0 Å². The summed E-state index contributed by atoms with van der Waals surface area (Å²) in [6.07, 6.45) is 2.03. The van der Waals surface area contributed by atoms with Gasteiger partial charge >= 0.3 is 0 Å². The fourth-order valence-electron chi connectivity index (χ4n) is 3.37. The van der Waals surface area contributed by atoms with Crippen LogP contribution in [0.4, 0.5) is 0 Å². The minimum absolute atomic E-state index is 0.156. The van der Waals surface area contributed by atoms with E-state index in [9.17, 15) is 0 Å². The highest BCUT2D eigenvalue weighted by Crippen LogP contribution is 2.41. The maximum Gasteiger partial charge on any atom is 0.124 e. The number of hydrogen-bond acceptors (Lipinski definition) is 3. The second-order valence-corrected chi connectivity index (χ2v) is 6.16. The number of nitrogens with zero attached hydrogens (tertiary/aromatic N) is 1. The van der Waals surface area contributed by atoms with Crippen molar-refractivity contribution in [2.75, 3.05) is 27.2 Å². The summed E-state index contributed by atoms with van der Waals surface area (Å²) in [5.74, 6) is 0.969. The molecule has 0 saturated heterocycles. The van der Waals surface area contributed by atoms with Crippen molar-refractivity contribution in [1.29, 1.82) is 0 Å². The topological polar surface area (TPSA) is 38.5 Å². The van der Waals surface area contributed by atoms with E-state index in [1.54, 1.807) is 0 Å². The zero-order valence-electron chi connectivity index (χ0n) is 13.4. The van der Waals surface area contributed by atoms with Crippen LogP contribution in [0.3, 0.4) is 0 Å². The number of likely N-dealkylation sites (N-methyl/N-ethyl adjacent to an activating group) is 1. The van der Waals surface area contributed by atoms with Crippen molar-refractivity contribution in [2.45, 2.75) is 18.4 Å². The summed E-state index contributed by atoms with van der Waals surface area (Å²) in [6, 6.07) is 16.9. The molecule has 1 aliphatic rings. The van der Waals surface area contributed by atoms with E-state index in [2.05, 4.69) is 61.5 Å². The summed E-state index contributed by atoms with van der Waals surface area (Å²) in [7, 11) is 4.22. The average molecular weight is 296 g/mol. The number of ether oxygens (including phenoxy) is 1. The third kappa shape index (κ3) is 2.51. The van der Waals surface area contributed by atoms with Gasteiger partial charge in [0.25, 0.3) is 0 Å². The molecule has 3 rings (SSSR count). The molecule has 0 aromatic heterocycles. The van der Waals surface area contributed by atoms with Crippen molar-refractivity contribution in [2.24, 2.45) is 5.73 Å². The Bertz CT molecular complexity index is 639. The Morgan fingerprint density at radius 1 is 1.09 bits per heavy atom. The Morgan fingerprint density at radius 3 is 2.55 bits per heavy atom. The minimum atomic E-state index is -0.156. The molecule has 2 N–H and O–H groups in total. The standard InChI is InChI=1S/C19H24N2O/c1-21(2)19(14-20)11-6-12-22-18-10-9-16(13-17(18)19)15-7-4-3-5-8-15/h3-5,7-10,13H,6,11-12,14,20H2,1-2H3. The van der Waals surface area contributed by atoms with Crippen molar-refractivity contribution in [3.63, 3.8) is 0 Å². The van der Waals surface area contributed by atoms with Crippen LogP contribution in [0.2, 0.25) is 0 Å². The van der Waals surface area contributed by atoms with E-state index in [1.165, 1.54) is 16.7 Å². The van der Waals surface area contributed by atoms with Crippen molar-refractivity contribution < 1.29 is 4.74 Å². The lowest BCUT2D eigenvalue weighted by molar-refractivity contribution is 0.147. The molecule has 22 heavy (non-hydrogen) atoms. The highest BCUT2D eigenvalue weighted by atomic mass is 16.5. The van der Waals surface area contributed by atoms with Gasteiger partial charge in [0.2, 0.25) is 0 Å². The van der Waals surface area contributed by atoms with Crippen LogP contribution in [0.15, 0.2) is 48.5 Å². The Morgan fingerprint density at radius 2 is 1.86 bits per heavy atom. The first-order valence-electron chi connectivity index (χ1n) is 7.87. The van der Waals surface area contributed by atoms with Crippen LogP contribution >= 0.6 is 0 Å². The molecular weight excluding hydrogens is 272 g/mol. The summed E-state index contributed by atoms with van der Waals surface area (Å²) in [4.78, 5) is 2.25. The monoisotopic (exact) mass is 296 g/mol. The Balaban J connectivity index is 2.15. The fourth-order valence-corrected chi connectivity index (χ4v) is 3.37. The Hall–Kier alpha value is -1.84. The molecule has 2 aromatic rings. The molecule has 0 radical (unpaired) electrons. The van der Waals surface area contributed by atoms with E-state index in [-0.39, 0.29) is 5.54 Å². The van der Waals surface area contributed by atoms with Gasteiger partial charge in [0.1, 0.15) is 5.75 Å². The van der Waals surface area contributed by atoms with Crippen LogP contribution in [-0.4, -0.2) is 32.1 Å². The number of nitrogens with two attached hydrogens (primary N) is 1. The van der Waals surface area contributed by atoms with Crippen molar-refractivity contribution in [3.8, 4) is 16.9 Å². The second-order valence-electron chi connectivity index (χ2n) is 6.16. The zero-order chi connectivity index (χ0) is 15.6. The molecule has 3 nitrogen and oxygen atoms in total. The number of benzene rings is 2. The fraction of sp³-hybridized carbons (Fsp3) is 0.368. The zero-order valence-corrected chi connectivity index (χ0v) is 13.4. The Labute approximate surface area is 132 Å². The molecule has 1 heterocycles. The molecule has 0 fully saturated rings. The van der Waals surface area contributed by atoms with Crippen LogP contribution in [0, 0.1) is 0 Å². The van der Waals surface area contributed by atoms with Crippen LogP contribution in [-0.2, 0) is 5.54 Å². The molecule has 116 valence electrons. The van der Waals surface area contributed by atoms with Crippen LogP contribution in [0.5, 0.6) is 5.75 Å². The minimum Gasteiger partial charge on any atom is -0.493 e. The molecule has 0 saturated carbocycles. The molecule has 0 bridgehead atoms. The van der Waals surface area contributed by atoms with E-state index in [4.69, 9.17) is 10.5 Å². The third-order valence-electron chi connectivity index (χ3n) is 4.77. The predicted molar refractivity (Wildman–Crippen MR) is 91.0 cm³/mol. The third-order valence-corrected chi connectivity index (χ3v) is 4.77. The number of rotatable bonds is 3. The molecule has 0 aliphatic carbocycles.